The van der Waals surface area contributed by atoms with E-state index in [4.69, 9.17) is 42.1 Å². The molecule has 190 valence electrons. The number of benzene rings is 2. The summed E-state index contributed by atoms with van der Waals surface area (Å²) in [6.45, 7) is 5.84. The molecule has 0 saturated heterocycles. The minimum absolute atomic E-state index is 0.102. The highest BCUT2D eigenvalue weighted by atomic mass is 35.5. The molecule has 1 aliphatic rings. The lowest BCUT2D eigenvalue weighted by atomic mass is 9.86. The zero-order valence-corrected chi connectivity index (χ0v) is 22.0. The Kier molecular flexibility index (Phi) is 8.74. The lowest BCUT2D eigenvalue weighted by molar-refractivity contribution is -0.145. The van der Waals surface area contributed by atoms with E-state index in [1.165, 1.54) is 12.0 Å². The van der Waals surface area contributed by atoms with Crippen LogP contribution in [0.15, 0.2) is 36.4 Å². The quantitative estimate of drug-likeness (QED) is 0.400. The number of hydrogen-bond donors (Lipinski definition) is 0. The highest BCUT2D eigenvalue weighted by molar-refractivity contribution is 6.34. The molecule has 0 unspecified atom stereocenters. The summed E-state index contributed by atoms with van der Waals surface area (Å²) in [6.07, 6.45) is -0.818. The standard InChI is InChI=1S/C25H30Cl2N2O6/c1-6-34-23(30)28(15-17-10-18(26)12-19(27)11-17)25(33-5)14-16(3)29(24(31)35-7-2)22-13-20(32-4)8-9-21(22)25/h8-13,16H,6-7,14-15H2,1-5H3/t16-,25+/m1/s1. The second-order valence-corrected chi connectivity index (χ2v) is 8.93. The van der Waals surface area contributed by atoms with Crippen LogP contribution in [-0.2, 0) is 26.5 Å². The van der Waals surface area contributed by atoms with Gasteiger partial charge in [-0.15, -0.1) is 0 Å². The molecule has 0 spiro atoms. The summed E-state index contributed by atoms with van der Waals surface area (Å²) in [4.78, 5) is 29.4. The third kappa shape index (κ3) is 5.44. The SMILES string of the molecule is CCOC(=O)N1c2cc(OC)ccc2[C@](OC)(N(Cc2cc(Cl)cc(Cl)c2)C(=O)OCC)C[C@H]1C. The maximum absolute atomic E-state index is 13.4. The minimum Gasteiger partial charge on any atom is -0.497 e. The normalized spacial score (nSPS) is 19.1. The first-order valence-corrected chi connectivity index (χ1v) is 12.0. The Morgan fingerprint density at radius 3 is 2.29 bits per heavy atom. The maximum Gasteiger partial charge on any atom is 0.414 e. The van der Waals surface area contributed by atoms with Crippen molar-refractivity contribution in [1.29, 1.82) is 0 Å². The summed E-state index contributed by atoms with van der Waals surface area (Å²) in [7, 11) is 3.07. The number of nitrogens with zero attached hydrogens (tertiary/aromatic N) is 2. The lowest BCUT2D eigenvalue weighted by Gasteiger charge is -2.50. The molecule has 3 rings (SSSR count). The van der Waals surface area contributed by atoms with Crippen molar-refractivity contribution in [3.8, 4) is 5.75 Å². The minimum atomic E-state index is -1.27. The zero-order valence-electron chi connectivity index (χ0n) is 20.5. The van der Waals surface area contributed by atoms with E-state index >= 15 is 0 Å². The average molecular weight is 525 g/mol. The van der Waals surface area contributed by atoms with Crippen molar-refractivity contribution in [1.82, 2.24) is 4.90 Å². The Hall–Kier alpha value is -2.68. The molecule has 2 aromatic carbocycles. The Balaban J connectivity index is 2.21. The summed E-state index contributed by atoms with van der Waals surface area (Å²) >= 11 is 12.5. The van der Waals surface area contributed by atoms with Gasteiger partial charge in [-0.2, -0.15) is 0 Å². The predicted octanol–water partition coefficient (Wildman–Crippen LogP) is 6.22. The molecule has 2 amide bonds. The number of halogens is 2. The summed E-state index contributed by atoms with van der Waals surface area (Å²) in [5.41, 5.74) is 0.530. The molecule has 2 aromatic rings. The lowest BCUT2D eigenvalue weighted by Crippen LogP contribution is -2.58. The van der Waals surface area contributed by atoms with Crippen molar-refractivity contribution in [3.63, 3.8) is 0 Å². The Morgan fingerprint density at radius 1 is 1.06 bits per heavy atom. The maximum atomic E-state index is 13.4. The number of carbonyl (C=O) groups is 2. The van der Waals surface area contributed by atoms with E-state index in [9.17, 15) is 9.59 Å². The summed E-state index contributed by atoms with van der Waals surface area (Å²) in [5.74, 6) is 0.543. The monoisotopic (exact) mass is 524 g/mol. The van der Waals surface area contributed by atoms with E-state index in [1.807, 2.05) is 6.92 Å². The van der Waals surface area contributed by atoms with Gasteiger partial charge in [0.25, 0.3) is 0 Å². The van der Waals surface area contributed by atoms with Crippen LogP contribution in [-0.4, -0.2) is 50.6 Å². The topological polar surface area (TPSA) is 77.5 Å². The molecule has 10 heteroatoms. The van der Waals surface area contributed by atoms with Gasteiger partial charge >= 0.3 is 12.2 Å². The highest BCUT2D eigenvalue weighted by Crippen LogP contribution is 2.48. The molecule has 2 atom stereocenters. The van der Waals surface area contributed by atoms with Gasteiger partial charge in [-0.05, 0) is 56.7 Å². The van der Waals surface area contributed by atoms with Crippen molar-refractivity contribution >= 4 is 41.1 Å². The van der Waals surface area contributed by atoms with Crippen LogP contribution in [0.4, 0.5) is 15.3 Å². The van der Waals surface area contributed by atoms with Crippen molar-refractivity contribution in [2.75, 3.05) is 32.3 Å². The molecule has 0 N–H and O–H groups in total. The van der Waals surface area contributed by atoms with Crippen LogP contribution in [0, 0.1) is 0 Å². The molecule has 8 nitrogen and oxygen atoms in total. The zero-order chi connectivity index (χ0) is 25.8. The van der Waals surface area contributed by atoms with Crippen LogP contribution in [0.2, 0.25) is 10.0 Å². The Morgan fingerprint density at radius 2 is 1.71 bits per heavy atom. The third-order valence-corrected chi connectivity index (χ3v) is 6.32. The van der Waals surface area contributed by atoms with Crippen LogP contribution in [0.3, 0.4) is 0 Å². The van der Waals surface area contributed by atoms with Gasteiger partial charge in [-0.1, -0.05) is 23.2 Å². The number of hydrogen-bond acceptors (Lipinski definition) is 6. The number of anilines is 1. The Bertz CT molecular complexity index is 1060. The molecule has 35 heavy (non-hydrogen) atoms. The first-order chi connectivity index (χ1) is 16.7. The molecule has 0 bridgehead atoms. The van der Waals surface area contributed by atoms with Crippen LogP contribution in [0.25, 0.3) is 0 Å². The Labute approximate surface area is 215 Å². The van der Waals surface area contributed by atoms with Crippen molar-refractivity contribution in [3.05, 3.63) is 57.6 Å². The van der Waals surface area contributed by atoms with Crippen LogP contribution < -0.4 is 9.64 Å². The third-order valence-electron chi connectivity index (χ3n) is 5.89. The molecule has 0 saturated carbocycles. The van der Waals surface area contributed by atoms with Crippen LogP contribution >= 0.6 is 23.2 Å². The number of ether oxygens (including phenoxy) is 4. The fourth-order valence-electron chi connectivity index (χ4n) is 4.46. The van der Waals surface area contributed by atoms with E-state index in [1.54, 1.807) is 62.3 Å². The second kappa shape index (κ2) is 11.4. The van der Waals surface area contributed by atoms with E-state index in [0.717, 1.165) is 0 Å². The average Bonchev–Trinajstić information content (AvgIpc) is 2.81. The van der Waals surface area contributed by atoms with E-state index in [0.29, 0.717) is 32.6 Å². The summed E-state index contributed by atoms with van der Waals surface area (Å²) in [5, 5.41) is 0.886. The molecule has 0 aromatic heterocycles. The van der Waals surface area contributed by atoms with Gasteiger partial charge in [-0.25, -0.2) is 9.59 Å². The summed E-state index contributed by atoms with van der Waals surface area (Å²) in [6, 6.07) is 9.96. The molecular weight excluding hydrogens is 495 g/mol. The molecular formula is C25H30Cl2N2O6. The van der Waals surface area contributed by atoms with Gasteiger partial charge in [0, 0.05) is 41.2 Å². The highest BCUT2D eigenvalue weighted by Gasteiger charge is 2.51. The van der Waals surface area contributed by atoms with E-state index in [2.05, 4.69) is 0 Å². The van der Waals surface area contributed by atoms with Gasteiger partial charge in [0.1, 0.15) is 5.75 Å². The number of fused-ring (bicyclic) bond motifs is 1. The van der Waals surface area contributed by atoms with Gasteiger partial charge in [0.2, 0.25) is 0 Å². The first-order valence-electron chi connectivity index (χ1n) is 11.3. The molecule has 0 radical (unpaired) electrons. The van der Waals surface area contributed by atoms with E-state index in [-0.39, 0.29) is 26.2 Å². The number of methoxy groups -OCH3 is 2. The molecule has 1 aliphatic heterocycles. The van der Waals surface area contributed by atoms with Crippen molar-refractivity contribution < 1.29 is 28.5 Å². The fourth-order valence-corrected chi connectivity index (χ4v) is 5.03. The van der Waals surface area contributed by atoms with E-state index < -0.39 is 24.0 Å². The predicted molar refractivity (Wildman–Crippen MR) is 134 cm³/mol. The number of amides is 2. The van der Waals surface area contributed by atoms with Crippen LogP contribution in [0.5, 0.6) is 5.75 Å². The molecule has 0 fully saturated rings. The fraction of sp³-hybridized carbons (Fsp3) is 0.440. The number of carbonyl (C=O) groups excluding carboxylic acids is 2. The van der Waals surface area contributed by atoms with Crippen molar-refractivity contribution in [2.45, 2.75) is 45.5 Å². The largest absolute Gasteiger partial charge is 0.497 e. The first kappa shape index (κ1) is 26.9. The van der Waals surface area contributed by atoms with Gasteiger partial charge in [0.15, 0.2) is 5.72 Å². The van der Waals surface area contributed by atoms with Crippen LogP contribution in [0.1, 0.15) is 38.3 Å². The van der Waals surface area contributed by atoms with Crippen molar-refractivity contribution in [2.24, 2.45) is 0 Å². The van der Waals surface area contributed by atoms with Gasteiger partial charge < -0.3 is 18.9 Å². The molecule has 0 aliphatic carbocycles. The second-order valence-electron chi connectivity index (χ2n) is 8.06. The molecule has 1 heterocycles. The summed E-state index contributed by atoms with van der Waals surface area (Å²) < 4.78 is 22.3. The smallest absolute Gasteiger partial charge is 0.414 e. The number of rotatable bonds is 7. The van der Waals surface area contributed by atoms with Gasteiger partial charge in [0.05, 0.1) is 32.6 Å². The van der Waals surface area contributed by atoms with Gasteiger partial charge in [-0.3, -0.25) is 9.80 Å².